The molecule has 1 aliphatic carbocycles. The fourth-order valence-corrected chi connectivity index (χ4v) is 3.56. The van der Waals surface area contributed by atoms with Gasteiger partial charge in [0.1, 0.15) is 5.75 Å². The highest BCUT2D eigenvalue weighted by Crippen LogP contribution is 2.36. The van der Waals surface area contributed by atoms with Gasteiger partial charge in [-0.3, -0.25) is 4.99 Å². The summed E-state index contributed by atoms with van der Waals surface area (Å²) < 4.78 is 6.52. The molecule has 0 aliphatic heterocycles. The Labute approximate surface area is 164 Å². The maximum atomic E-state index is 6.52. The van der Waals surface area contributed by atoms with Gasteiger partial charge in [-0.05, 0) is 43.7 Å². The molecule has 1 fully saturated rings. The normalized spacial score (nSPS) is 16.8. The molecule has 2 aromatic carbocycles. The molecule has 1 atom stereocenters. The average molecular weight is 364 g/mol. The smallest absolute Gasteiger partial charge is 0.136 e. The number of aliphatic imine (C=N–C) groups is 1. The Morgan fingerprint density at radius 2 is 1.67 bits per heavy atom. The molecule has 1 saturated carbocycles. The summed E-state index contributed by atoms with van der Waals surface area (Å²) in [6, 6.07) is 15.4. The average Bonchev–Trinajstić information content (AvgIpc) is 2.69. The molecule has 0 bridgehead atoms. The summed E-state index contributed by atoms with van der Waals surface area (Å²) in [5.41, 5.74) is 4.70. The van der Waals surface area contributed by atoms with Gasteiger partial charge in [-0.25, -0.2) is 0 Å². The first-order valence-electron chi connectivity index (χ1n) is 10.4. The Bertz CT molecular complexity index is 757. The molecule has 0 amide bonds. The molecule has 2 aromatic rings. The van der Waals surface area contributed by atoms with Gasteiger partial charge in [0.05, 0.1) is 6.10 Å². The standard InChI is InChI=1S/C25H33NO/c1-18(2)20(4)27-25-23(21-11-7-5-8-12-21)16-15-19(3)24(25)17-26-22-13-9-6-10-14-22/h5,7-8,11-12,15-18,20,22H,6,9-10,13-14H2,1-4H3. The molecule has 0 heterocycles. The summed E-state index contributed by atoms with van der Waals surface area (Å²) in [5, 5.41) is 0. The first-order valence-corrected chi connectivity index (χ1v) is 10.4. The van der Waals surface area contributed by atoms with Gasteiger partial charge in [-0.2, -0.15) is 0 Å². The van der Waals surface area contributed by atoms with Crippen LogP contribution in [-0.4, -0.2) is 18.4 Å². The maximum Gasteiger partial charge on any atom is 0.136 e. The molecule has 0 spiro atoms. The monoisotopic (exact) mass is 363 g/mol. The summed E-state index contributed by atoms with van der Waals surface area (Å²) in [6.45, 7) is 8.73. The van der Waals surface area contributed by atoms with Crippen molar-refractivity contribution in [3.8, 4) is 16.9 Å². The number of ether oxygens (including phenoxy) is 1. The maximum absolute atomic E-state index is 6.52. The number of benzene rings is 2. The highest BCUT2D eigenvalue weighted by atomic mass is 16.5. The SMILES string of the molecule is Cc1ccc(-c2ccccc2)c(OC(C)C(C)C)c1C=NC1CCCCC1. The molecule has 144 valence electrons. The Balaban J connectivity index is 2.02. The summed E-state index contributed by atoms with van der Waals surface area (Å²) in [4.78, 5) is 4.96. The van der Waals surface area contributed by atoms with Gasteiger partial charge in [-0.1, -0.05) is 75.6 Å². The molecule has 0 N–H and O–H groups in total. The summed E-state index contributed by atoms with van der Waals surface area (Å²) in [6.07, 6.45) is 8.63. The molecule has 0 radical (unpaired) electrons. The van der Waals surface area contributed by atoms with Crippen LogP contribution in [0.25, 0.3) is 11.1 Å². The molecule has 2 heteroatoms. The zero-order valence-corrected chi connectivity index (χ0v) is 17.2. The van der Waals surface area contributed by atoms with Crippen LogP contribution < -0.4 is 4.74 Å². The second-order valence-corrected chi connectivity index (χ2v) is 8.18. The van der Waals surface area contributed by atoms with E-state index in [1.54, 1.807) is 0 Å². The second-order valence-electron chi connectivity index (χ2n) is 8.18. The number of hydrogen-bond acceptors (Lipinski definition) is 2. The van der Waals surface area contributed by atoms with Crippen LogP contribution in [0.3, 0.4) is 0 Å². The van der Waals surface area contributed by atoms with Gasteiger partial charge < -0.3 is 4.74 Å². The van der Waals surface area contributed by atoms with E-state index in [1.165, 1.54) is 43.2 Å². The number of aryl methyl sites for hydroxylation is 1. The van der Waals surface area contributed by atoms with Gasteiger partial charge >= 0.3 is 0 Å². The lowest BCUT2D eigenvalue weighted by Crippen LogP contribution is -2.20. The van der Waals surface area contributed by atoms with E-state index in [0.29, 0.717) is 12.0 Å². The first-order chi connectivity index (χ1) is 13.1. The second kappa shape index (κ2) is 9.21. The van der Waals surface area contributed by atoms with Gasteiger partial charge in [0, 0.05) is 23.4 Å². The number of hydrogen-bond donors (Lipinski definition) is 0. The minimum Gasteiger partial charge on any atom is -0.489 e. The van der Waals surface area contributed by atoms with Crippen molar-refractivity contribution in [2.24, 2.45) is 10.9 Å². The van der Waals surface area contributed by atoms with Crippen molar-refractivity contribution in [3.05, 3.63) is 53.6 Å². The van der Waals surface area contributed by atoms with E-state index in [1.807, 2.05) is 0 Å². The highest BCUT2D eigenvalue weighted by Gasteiger charge is 2.18. The lowest BCUT2D eigenvalue weighted by Gasteiger charge is -2.23. The molecule has 27 heavy (non-hydrogen) atoms. The van der Waals surface area contributed by atoms with Crippen LogP contribution in [0.4, 0.5) is 0 Å². The summed E-state index contributed by atoms with van der Waals surface area (Å²) >= 11 is 0. The highest BCUT2D eigenvalue weighted by molar-refractivity contribution is 5.90. The number of rotatable bonds is 6. The molecule has 3 rings (SSSR count). The van der Waals surface area contributed by atoms with E-state index in [-0.39, 0.29) is 6.10 Å². The summed E-state index contributed by atoms with van der Waals surface area (Å²) in [5.74, 6) is 1.43. The predicted octanol–water partition coefficient (Wildman–Crippen LogP) is 6.84. The fourth-order valence-electron chi connectivity index (χ4n) is 3.56. The topological polar surface area (TPSA) is 21.6 Å². The molecule has 0 aromatic heterocycles. The van der Waals surface area contributed by atoms with Crippen LogP contribution in [-0.2, 0) is 0 Å². The Morgan fingerprint density at radius 1 is 0.963 bits per heavy atom. The van der Waals surface area contributed by atoms with Crippen molar-refractivity contribution < 1.29 is 4.74 Å². The van der Waals surface area contributed by atoms with Crippen molar-refractivity contribution in [1.82, 2.24) is 0 Å². The molecule has 0 saturated heterocycles. The zero-order chi connectivity index (χ0) is 19.2. The van der Waals surface area contributed by atoms with Crippen LogP contribution in [0.2, 0.25) is 0 Å². The predicted molar refractivity (Wildman–Crippen MR) is 116 cm³/mol. The third kappa shape index (κ3) is 5.00. The quantitative estimate of drug-likeness (QED) is 0.515. The van der Waals surface area contributed by atoms with Crippen LogP contribution in [0.15, 0.2) is 47.5 Å². The van der Waals surface area contributed by atoms with Crippen LogP contribution >= 0.6 is 0 Å². The molecular formula is C25H33NO. The van der Waals surface area contributed by atoms with E-state index in [0.717, 1.165) is 16.9 Å². The molecule has 1 unspecified atom stereocenters. The Kier molecular flexibility index (Phi) is 6.71. The van der Waals surface area contributed by atoms with E-state index in [4.69, 9.17) is 9.73 Å². The van der Waals surface area contributed by atoms with Crippen LogP contribution in [0, 0.1) is 12.8 Å². The Morgan fingerprint density at radius 3 is 2.33 bits per heavy atom. The third-order valence-corrected chi connectivity index (χ3v) is 5.73. The van der Waals surface area contributed by atoms with Crippen LogP contribution in [0.1, 0.15) is 64.0 Å². The van der Waals surface area contributed by atoms with Crippen molar-refractivity contribution in [2.45, 2.75) is 71.9 Å². The summed E-state index contributed by atoms with van der Waals surface area (Å²) in [7, 11) is 0. The van der Waals surface area contributed by atoms with Gasteiger partial charge in [-0.15, -0.1) is 0 Å². The van der Waals surface area contributed by atoms with Crippen molar-refractivity contribution in [3.63, 3.8) is 0 Å². The van der Waals surface area contributed by atoms with E-state index >= 15 is 0 Å². The Hall–Kier alpha value is -2.09. The fraction of sp³-hybridized carbons (Fsp3) is 0.480. The first kappa shape index (κ1) is 19.7. The van der Waals surface area contributed by atoms with E-state index < -0.39 is 0 Å². The molecular weight excluding hydrogens is 330 g/mol. The molecule has 2 nitrogen and oxygen atoms in total. The number of nitrogens with zero attached hydrogens (tertiary/aromatic N) is 1. The van der Waals surface area contributed by atoms with Crippen molar-refractivity contribution in [2.75, 3.05) is 0 Å². The van der Waals surface area contributed by atoms with E-state index in [9.17, 15) is 0 Å². The van der Waals surface area contributed by atoms with Crippen molar-refractivity contribution in [1.29, 1.82) is 0 Å². The van der Waals surface area contributed by atoms with Crippen molar-refractivity contribution >= 4 is 6.21 Å². The van der Waals surface area contributed by atoms with Gasteiger partial charge in [0.15, 0.2) is 0 Å². The van der Waals surface area contributed by atoms with Crippen LogP contribution in [0.5, 0.6) is 5.75 Å². The minimum atomic E-state index is 0.149. The lowest BCUT2D eigenvalue weighted by molar-refractivity contribution is 0.171. The van der Waals surface area contributed by atoms with Gasteiger partial charge in [0.25, 0.3) is 0 Å². The largest absolute Gasteiger partial charge is 0.489 e. The third-order valence-electron chi connectivity index (χ3n) is 5.73. The van der Waals surface area contributed by atoms with Gasteiger partial charge in [0.2, 0.25) is 0 Å². The van der Waals surface area contributed by atoms with E-state index in [2.05, 4.69) is 76.4 Å². The lowest BCUT2D eigenvalue weighted by atomic mass is 9.95. The minimum absolute atomic E-state index is 0.149. The molecule has 1 aliphatic rings. The zero-order valence-electron chi connectivity index (χ0n) is 17.2.